The van der Waals surface area contributed by atoms with Crippen LogP contribution in [0.25, 0.3) is 0 Å². The van der Waals surface area contributed by atoms with Crippen molar-refractivity contribution in [2.24, 2.45) is 0 Å². The molecule has 0 aliphatic rings. The quantitative estimate of drug-likeness (QED) is 0.720. The summed E-state index contributed by atoms with van der Waals surface area (Å²) in [4.78, 5) is 3.86. The summed E-state index contributed by atoms with van der Waals surface area (Å²) in [6.07, 6.45) is 1.54. The van der Waals surface area contributed by atoms with Crippen LogP contribution in [-0.4, -0.2) is 14.8 Å². The van der Waals surface area contributed by atoms with Crippen molar-refractivity contribution in [3.8, 4) is 0 Å². The topological polar surface area (TPSA) is 30.7 Å². The minimum Gasteiger partial charge on any atom is -0.248 e. The lowest BCUT2D eigenvalue weighted by Gasteiger charge is -2.01. The predicted molar refractivity (Wildman–Crippen MR) is 50.0 cm³/mol. The van der Waals surface area contributed by atoms with Gasteiger partial charge in [-0.05, 0) is 6.07 Å². The highest BCUT2D eigenvalue weighted by molar-refractivity contribution is 5.17. The molecule has 0 fully saturated rings. The third-order valence-corrected chi connectivity index (χ3v) is 1.87. The van der Waals surface area contributed by atoms with E-state index in [0.29, 0.717) is 17.9 Å². The van der Waals surface area contributed by atoms with Crippen molar-refractivity contribution >= 4 is 0 Å². The molecule has 0 atom stereocenters. The molecule has 1 aromatic heterocycles. The minimum atomic E-state index is -0.228. The third-order valence-electron chi connectivity index (χ3n) is 1.87. The van der Waals surface area contributed by atoms with E-state index in [4.69, 9.17) is 0 Å². The van der Waals surface area contributed by atoms with E-state index in [2.05, 4.69) is 17.0 Å². The van der Waals surface area contributed by atoms with Crippen LogP contribution in [0.1, 0.15) is 11.4 Å². The van der Waals surface area contributed by atoms with Crippen LogP contribution in [0.5, 0.6) is 0 Å². The van der Waals surface area contributed by atoms with Gasteiger partial charge in [0, 0.05) is 12.5 Å². The van der Waals surface area contributed by atoms with Gasteiger partial charge in [-0.25, -0.2) is 14.1 Å². The van der Waals surface area contributed by atoms with Crippen LogP contribution < -0.4 is 0 Å². The second-order valence-electron chi connectivity index (χ2n) is 2.95. The molecule has 1 heterocycles. The fraction of sp³-hybridized carbons (Fsp3) is 0.100. The molecule has 0 saturated carbocycles. The van der Waals surface area contributed by atoms with Gasteiger partial charge in [-0.1, -0.05) is 18.2 Å². The Bertz CT molecular complexity index is 436. The first-order valence-electron chi connectivity index (χ1n) is 4.20. The van der Waals surface area contributed by atoms with Crippen LogP contribution in [0.2, 0.25) is 0 Å². The SMILES string of the molecule is [CH2]c1ncn(Cc2ccccc2F)n1. The molecular formula is C10H9FN3. The number of benzene rings is 1. The summed E-state index contributed by atoms with van der Waals surface area (Å²) in [5.41, 5.74) is 0.595. The van der Waals surface area contributed by atoms with E-state index in [-0.39, 0.29) is 5.82 Å². The molecule has 14 heavy (non-hydrogen) atoms. The van der Waals surface area contributed by atoms with Crippen LogP contribution >= 0.6 is 0 Å². The number of nitrogens with zero attached hydrogens (tertiary/aromatic N) is 3. The monoisotopic (exact) mass is 190 g/mol. The van der Waals surface area contributed by atoms with Crippen LogP contribution in [0, 0.1) is 12.7 Å². The summed E-state index contributed by atoms with van der Waals surface area (Å²) >= 11 is 0. The highest BCUT2D eigenvalue weighted by Gasteiger charge is 2.02. The highest BCUT2D eigenvalue weighted by Crippen LogP contribution is 2.07. The van der Waals surface area contributed by atoms with E-state index in [1.165, 1.54) is 12.4 Å². The Morgan fingerprint density at radius 1 is 1.36 bits per heavy atom. The smallest absolute Gasteiger partial charge is 0.151 e. The van der Waals surface area contributed by atoms with E-state index in [0.717, 1.165) is 0 Å². The molecule has 4 heteroatoms. The van der Waals surface area contributed by atoms with Gasteiger partial charge in [0.25, 0.3) is 0 Å². The van der Waals surface area contributed by atoms with Crippen molar-refractivity contribution in [1.29, 1.82) is 0 Å². The van der Waals surface area contributed by atoms with Gasteiger partial charge in [-0.15, -0.1) is 0 Å². The van der Waals surface area contributed by atoms with Gasteiger partial charge in [-0.3, -0.25) is 0 Å². The standard InChI is InChI=1S/C10H9FN3/c1-8-12-7-14(13-8)6-9-4-2-3-5-10(9)11/h2-5,7H,1,6H2. The van der Waals surface area contributed by atoms with Gasteiger partial charge in [0.15, 0.2) is 5.82 Å². The molecule has 0 aliphatic carbocycles. The fourth-order valence-electron chi connectivity index (χ4n) is 1.21. The van der Waals surface area contributed by atoms with Gasteiger partial charge in [0.2, 0.25) is 0 Å². The number of rotatable bonds is 2. The first-order chi connectivity index (χ1) is 6.75. The van der Waals surface area contributed by atoms with Gasteiger partial charge in [-0.2, -0.15) is 5.10 Å². The van der Waals surface area contributed by atoms with E-state index >= 15 is 0 Å². The van der Waals surface area contributed by atoms with E-state index in [1.807, 2.05) is 0 Å². The lowest BCUT2D eigenvalue weighted by Crippen LogP contribution is -2.02. The second kappa shape index (κ2) is 3.57. The number of aromatic nitrogens is 3. The molecular weight excluding hydrogens is 181 g/mol. The van der Waals surface area contributed by atoms with Crippen molar-refractivity contribution in [2.45, 2.75) is 6.54 Å². The van der Waals surface area contributed by atoms with Gasteiger partial charge in [0.05, 0.1) is 6.54 Å². The lowest BCUT2D eigenvalue weighted by atomic mass is 10.2. The van der Waals surface area contributed by atoms with E-state index < -0.39 is 0 Å². The number of hydrogen-bond acceptors (Lipinski definition) is 2. The molecule has 2 aromatic rings. The van der Waals surface area contributed by atoms with E-state index in [1.54, 1.807) is 22.9 Å². The number of hydrogen-bond donors (Lipinski definition) is 0. The van der Waals surface area contributed by atoms with Crippen molar-refractivity contribution in [2.75, 3.05) is 0 Å². The zero-order valence-electron chi connectivity index (χ0n) is 7.52. The second-order valence-corrected chi connectivity index (χ2v) is 2.95. The molecule has 1 radical (unpaired) electrons. The lowest BCUT2D eigenvalue weighted by molar-refractivity contribution is 0.584. The first-order valence-corrected chi connectivity index (χ1v) is 4.20. The molecule has 0 aliphatic heterocycles. The Morgan fingerprint density at radius 2 is 2.14 bits per heavy atom. The van der Waals surface area contributed by atoms with Crippen molar-refractivity contribution < 1.29 is 4.39 Å². The summed E-state index contributed by atoms with van der Waals surface area (Å²) in [5, 5.41) is 3.97. The first kappa shape index (κ1) is 8.87. The largest absolute Gasteiger partial charge is 0.248 e. The molecule has 0 bridgehead atoms. The Morgan fingerprint density at radius 3 is 2.79 bits per heavy atom. The van der Waals surface area contributed by atoms with Crippen LogP contribution in [0.15, 0.2) is 30.6 Å². The summed E-state index contributed by atoms with van der Waals surface area (Å²) in [7, 11) is 0. The Hall–Kier alpha value is -1.71. The number of halogens is 1. The molecule has 2 rings (SSSR count). The van der Waals surface area contributed by atoms with Crippen molar-refractivity contribution in [3.05, 3.63) is 54.7 Å². The van der Waals surface area contributed by atoms with Gasteiger partial charge >= 0.3 is 0 Å². The Labute approximate surface area is 81.2 Å². The van der Waals surface area contributed by atoms with Crippen molar-refractivity contribution in [1.82, 2.24) is 14.8 Å². The zero-order chi connectivity index (χ0) is 9.97. The maximum atomic E-state index is 13.2. The molecule has 0 amide bonds. The molecule has 71 valence electrons. The van der Waals surface area contributed by atoms with Crippen molar-refractivity contribution in [3.63, 3.8) is 0 Å². The Kier molecular flexibility index (Phi) is 2.26. The molecule has 0 spiro atoms. The molecule has 1 aromatic carbocycles. The summed E-state index contributed by atoms with van der Waals surface area (Å²) in [5.74, 6) is 0.218. The average Bonchev–Trinajstić information content (AvgIpc) is 2.56. The summed E-state index contributed by atoms with van der Waals surface area (Å²) < 4.78 is 14.8. The average molecular weight is 190 g/mol. The van der Waals surface area contributed by atoms with E-state index in [9.17, 15) is 4.39 Å². The normalized spacial score (nSPS) is 10.4. The fourth-order valence-corrected chi connectivity index (χ4v) is 1.21. The highest BCUT2D eigenvalue weighted by atomic mass is 19.1. The maximum absolute atomic E-state index is 13.2. The Balaban J connectivity index is 2.23. The summed E-state index contributed by atoms with van der Waals surface area (Å²) in [6, 6.07) is 6.60. The minimum absolute atomic E-state index is 0.228. The summed E-state index contributed by atoms with van der Waals surface area (Å²) in [6.45, 7) is 3.95. The zero-order valence-corrected chi connectivity index (χ0v) is 7.52. The van der Waals surface area contributed by atoms with Gasteiger partial charge in [0.1, 0.15) is 12.1 Å². The van der Waals surface area contributed by atoms with Crippen LogP contribution in [-0.2, 0) is 6.54 Å². The molecule has 0 unspecified atom stereocenters. The molecule has 0 N–H and O–H groups in total. The van der Waals surface area contributed by atoms with Gasteiger partial charge < -0.3 is 0 Å². The van der Waals surface area contributed by atoms with Crippen LogP contribution in [0.3, 0.4) is 0 Å². The predicted octanol–water partition coefficient (Wildman–Crippen LogP) is 1.65. The maximum Gasteiger partial charge on any atom is 0.151 e. The molecule has 3 nitrogen and oxygen atoms in total. The third kappa shape index (κ3) is 1.79. The molecule has 0 saturated heterocycles. The van der Waals surface area contributed by atoms with Crippen LogP contribution in [0.4, 0.5) is 4.39 Å².